The second-order valence-electron chi connectivity index (χ2n) is 2.05. The number of rotatable bonds is 2. The highest BCUT2D eigenvalue weighted by Gasteiger charge is 1.95. The summed E-state index contributed by atoms with van der Waals surface area (Å²) in [5, 5.41) is 16.0. The third-order valence-corrected chi connectivity index (χ3v) is 0.771. The Morgan fingerprint density at radius 2 is 2.33 bits per heavy atom. The monoisotopic (exact) mass is 127 g/mol. The predicted molar refractivity (Wildman–Crippen MR) is 32.9 cm³/mol. The van der Waals surface area contributed by atoms with E-state index in [0.717, 1.165) is 0 Å². The Kier molecular flexibility index (Phi) is 1.62. The van der Waals surface area contributed by atoms with E-state index in [-0.39, 0.29) is 0 Å². The van der Waals surface area contributed by atoms with Crippen LogP contribution in [0.3, 0.4) is 0 Å². The van der Waals surface area contributed by atoms with E-state index in [1.807, 2.05) is 13.8 Å². The normalized spacial score (nSPS) is 10.1. The van der Waals surface area contributed by atoms with Crippen LogP contribution in [-0.4, -0.2) is 26.7 Å². The minimum Gasteiger partial charge on any atom is -0.351 e. The Balaban J connectivity index is 2.48. The fourth-order valence-electron chi connectivity index (χ4n) is 0.494. The quantitative estimate of drug-likeness (QED) is 0.587. The van der Waals surface area contributed by atoms with Gasteiger partial charge < -0.3 is 5.32 Å². The highest BCUT2D eigenvalue weighted by atomic mass is 15.5. The standard InChI is InChI=1S/C4H9N5/c1-3(2)5-4-6-8-9-7-4/h3H,1-2H3,(H2,5,6,7,8,9). The SMILES string of the molecule is CC(C)Nc1nnn[nH]1. The van der Waals surface area contributed by atoms with Gasteiger partial charge in [-0.25, -0.2) is 5.10 Å². The molecule has 0 spiro atoms. The summed E-state index contributed by atoms with van der Waals surface area (Å²) in [7, 11) is 0. The van der Waals surface area contributed by atoms with Crippen molar-refractivity contribution in [2.75, 3.05) is 5.32 Å². The van der Waals surface area contributed by atoms with Crippen molar-refractivity contribution in [2.45, 2.75) is 19.9 Å². The van der Waals surface area contributed by atoms with Gasteiger partial charge in [-0.15, -0.1) is 0 Å². The third kappa shape index (κ3) is 1.67. The van der Waals surface area contributed by atoms with Crippen molar-refractivity contribution in [3.05, 3.63) is 0 Å². The van der Waals surface area contributed by atoms with Crippen LogP contribution in [-0.2, 0) is 0 Å². The van der Waals surface area contributed by atoms with Crippen LogP contribution in [0.25, 0.3) is 0 Å². The van der Waals surface area contributed by atoms with Crippen molar-refractivity contribution in [2.24, 2.45) is 0 Å². The maximum Gasteiger partial charge on any atom is 0.240 e. The molecule has 0 aliphatic heterocycles. The lowest BCUT2D eigenvalue weighted by molar-refractivity contribution is 0.876. The van der Waals surface area contributed by atoms with Gasteiger partial charge in [-0.2, -0.15) is 0 Å². The molecule has 0 atom stereocenters. The first kappa shape index (κ1) is 6.00. The number of nitrogens with one attached hydrogen (secondary N) is 2. The first-order valence-corrected chi connectivity index (χ1v) is 2.79. The zero-order valence-corrected chi connectivity index (χ0v) is 5.42. The lowest BCUT2D eigenvalue weighted by Gasteiger charge is -2.02. The van der Waals surface area contributed by atoms with E-state index in [1.54, 1.807) is 0 Å². The average molecular weight is 127 g/mol. The minimum atomic E-state index is 0.361. The molecule has 0 aromatic carbocycles. The molecular weight excluding hydrogens is 118 g/mol. The van der Waals surface area contributed by atoms with Crippen molar-refractivity contribution >= 4 is 5.95 Å². The van der Waals surface area contributed by atoms with Gasteiger partial charge in [-0.1, -0.05) is 5.10 Å². The Morgan fingerprint density at radius 3 is 2.78 bits per heavy atom. The second-order valence-corrected chi connectivity index (χ2v) is 2.05. The van der Waals surface area contributed by atoms with E-state index in [2.05, 4.69) is 25.9 Å². The number of hydrogen-bond acceptors (Lipinski definition) is 4. The molecular formula is C4H9N5. The molecule has 5 nitrogen and oxygen atoms in total. The van der Waals surface area contributed by atoms with Gasteiger partial charge in [0.2, 0.25) is 5.95 Å². The highest BCUT2D eigenvalue weighted by Crippen LogP contribution is 1.92. The number of aromatic nitrogens is 4. The summed E-state index contributed by atoms with van der Waals surface area (Å²) in [6.07, 6.45) is 0. The van der Waals surface area contributed by atoms with Crippen LogP contribution in [0.1, 0.15) is 13.8 Å². The first-order chi connectivity index (χ1) is 4.29. The van der Waals surface area contributed by atoms with Gasteiger partial charge in [-0.3, -0.25) is 0 Å². The number of hydrogen-bond donors (Lipinski definition) is 2. The lowest BCUT2D eigenvalue weighted by Crippen LogP contribution is -2.10. The van der Waals surface area contributed by atoms with Gasteiger partial charge in [0.05, 0.1) is 0 Å². The van der Waals surface area contributed by atoms with Crippen molar-refractivity contribution in [3.8, 4) is 0 Å². The fraction of sp³-hybridized carbons (Fsp3) is 0.750. The van der Waals surface area contributed by atoms with Crippen molar-refractivity contribution in [1.82, 2.24) is 20.6 Å². The average Bonchev–Trinajstić information content (AvgIpc) is 2.15. The molecule has 0 bridgehead atoms. The fourth-order valence-corrected chi connectivity index (χ4v) is 0.494. The summed E-state index contributed by atoms with van der Waals surface area (Å²) in [5.74, 6) is 0.616. The van der Waals surface area contributed by atoms with E-state index in [0.29, 0.717) is 12.0 Å². The summed E-state index contributed by atoms with van der Waals surface area (Å²) in [5.41, 5.74) is 0. The topological polar surface area (TPSA) is 66.5 Å². The van der Waals surface area contributed by atoms with Crippen LogP contribution in [0.5, 0.6) is 0 Å². The summed E-state index contributed by atoms with van der Waals surface area (Å²) >= 11 is 0. The zero-order valence-electron chi connectivity index (χ0n) is 5.42. The predicted octanol–water partition coefficient (Wildman–Crippen LogP) is 0.0200. The van der Waals surface area contributed by atoms with E-state index >= 15 is 0 Å². The van der Waals surface area contributed by atoms with E-state index in [4.69, 9.17) is 0 Å². The molecule has 0 aliphatic carbocycles. The largest absolute Gasteiger partial charge is 0.351 e. The van der Waals surface area contributed by atoms with E-state index in [9.17, 15) is 0 Å². The molecule has 0 unspecified atom stereocenters. The lowest BCUT2D eigenvalue weighted by atomic mass is 10.4. The van der Waals surface area contributed by atoms with Crippen LogP contribution in [0, 0.1) is 0 Å². The smallest absolute Gasteiger partial charge is 0.240 e. The molecule has 1 heterocycles. The number of H-pyrrole nitrogens is 1. The molecule has 9 heavy (non-hydrogen) atoms. The Hall–Kier alpha value is -1.13. The highest BCUT2D eigenvalue weighted by molar-refractivity contribution is 5.19. The summed E-state index contributed by atoms with van der Waals surface area (Å²) in [4.78, 5) is 0. The van der Waals surface area contributed by atoms with E-state index in [1.165, 1.54) is 0 Å². The molecule has 0 radical (unpaired) electrons. The molecule has 0 saturated heterocycles. The van der Waals surface area contributed by atoms with Gasteiger partial charge in [0.1, 0.15) is 0 Å². The number of aromatic amines is 1. The zero-order chi connectivity index (χ0) is 6.69. The Bertz CT molecular complexity index is 155. The van der Waals surface area contributed by atoms with Gasteiger partial charge in [0.25, 0.3) is 0 Å². The van der Waals surface area contributed by atoms with Crippen molar-refractivity contribution in [1.29, 1.82) is 0 Å². The Labute approximate surface area is 52.8 Å². The molecule has 5 heteroatoms. The van der Waals surface area contributed by atoms with Crippen LogP contribution >= 0.6 is 0 Å². The molecule has 2 N–H and O–H groups in total. The second kappa shape index (κ2) is 2.43. The molecule has 1 aromatic rings. The minimum absolute atomic E-state index is 0.361. The van der Waals surface area contributed by atoms with Gasteiger partial charge >= 0.3 is 0 Å². The summed E-state index contributed by atoms with van der Waals surface area (Å²) in [6, 6.07) is 0.361. The molecule has 50 valence electrons. The van der Waals surface area contributed by atoms with Crippen LogP contribution in [0.15, 0.2) is 0 Å². The molecule has 0 amide bonds. The van der Waals surface area contributed by atoms with Crippen LogP contribution in [0.4, 0.5) is 5.95 Å². The number of anilines is 1. The van der Waals surface area contributed by atoms with Crippen LogP contribution < -0.4 is 5.32 Å². The molecule has 0 saturated carbocycles. The maximum absolute atomic E-state index is 3.63. The number of tetrazole rings is 1. The summed E-state index contributed by atoms with van der Waals surface area (Å²) < 4.78 is 0. The molecule has 1 rings (SSSR count). The maximum atomic E-state index is 3.63. The molecule has 0 aliphatic rings. The van der Waals surface area contributed by atoms with Crippen molar-refractivity contribution in [3.63, 3.8) is 0 Å². The third-order valence-electron chi connectivity index (χ3n) is 0.771. The molecule has 1 aromatic heterocycles. The van der Waals surface area contributed by atoms with E-state index < -0.39 is 0 Å². The first-order valence-electron chi connectivity index (χ1n) is 2.79. The van der Waals surface area contributed by atoms with Crippen LogP contribution in [0.2, 0.25) is 0 Å². The van der Waals surface area contributed by atoms with Gasteiger partial charge in [0, 0.05) is 6.04 Å². The Morgan fingerprint density at radius 1 is 1.56 bits per heavy atom. The molecule has 0 fully saturated rings. The number of nitrogens with zero attached hydrogens (tertiary/aromatic N) is 3. The van der Waals surface area contributed by atoms with Gasteiger partial charge in [-0.05, 0) is 24.3 Å². The summed E-state index contributed by atoms with van der Waals surface area (Å²) in [6.45, 7) is 4.03. The van der Waals surface area contributed by atoms with Crippen molar-refractivity contribution < 1.29 is 0 Å². The van der Waals surface area contributed by atoms with Gasteiger partial charge in [0.15, 0.2) is 0 Å².